The highest BCUT2D eigenvalue weighted by atomic mass is 16.5. The lowest BCUT2D eigenvalue weighted by atomic mass is 9.97. The lowest BCUT2D eigenvalue weighted by molar-refractivity contribution is -0.114. The van der Waals surface area contributed by atoms with Gasteiger partial charge in [-0.25, -0.2) is 0 Å². The molecule has 8 nitrogen and oxygen atoms in total. The van der Waals surface area contributed by atoms with Crippen LogP contribution < -0.4 is 5.73 Å². The topological polar surface area (TPSA) is 93.7 Å². The summed E-state index contributed by atoms with van der Waals surface area (Å²) in [7, 11) is 0. The molecule has 2 aliphatic heterocycles. The second-order valence-corrected chi connectivity index (χ2v) is 8.60. The molecule has 3 heterocycles. The van der Waals surface area contributed by atoms with Gasteiger partial charge in [-0.2, -0.15) is 5.10 Å². The zero-order chi connectivity index (χ0) is 22.9. The van der Waals surface area contributed by atoms with E-state index in [2.05, 4.69) is 41.0 Å². The van der Waals surface area contributed by atoms with Crippen LogP contribution in [0.25, 0.3) is 21.9 Å². The van der Waals surface area contributed by atoms with Gasteiger partial charge in [0.15, 0.2) is 0 Å². The van der Waals surface area contributed by atoms with Gasteiger partial charge in [0.05, 0.1) is 32.5 Å². The summed E-state index contributed by atoms with van der Waals surface area (Å²) in [5, 5.41) is 6.65. The number of nitrogens with two attached hydrogens (primary N) is 1. The molecule has 2 aliphatic rings. The van der Waals surface area contributed by atoms with E-state index in [0.717, 1.165) is 66.9 Å². The molecule has 0 aliphatic carbocycles. The standard InChI is InChI=1S/C25H27N5O3/c1-17(24(26)31)14-29-16-23-21(25(29)32)5-4-18-2-3-19(12-22(18)23)20-13-27-30(15-20)7-6-28-8-10-33-11-9-28/h2-5,12-13,15H,1,6-11,14,16H2,(H2,26,31). The first-order valence-corrected chi connectivity index (χ1v) is 11.1. The summed E-state index contributed by atoms with van der Waals surface area (Å²) in [5.41, 5.74) is 9.27. The Labute approximate surface area is 192 Å². The fraction of sp³-hybridized carbons (Fsp3) is 0.320. The van der Waals surface area contributed by atoms with E-state index in [-0.39, 0.29) is 18.0 Å². The highest BCUT2D eigenvalue weighted by molar-refractivity contribution is 6.05. The molecule has 3 aromatic rings. The Morgan fingerprint density at radius 1 is 1.12 bits per heavy atom. The molecule has 1 aromatic heterocycles. The van der Waals surface area contributed by atoms with E-state index >= 15 is 0 Å². The molecule has 0 saturated carbocycles. The zero-order valence-electron chi connectivity index (χ0n) is 18.5. The molecule has 8 heteroatoms. The third-order valence-corrected chi connectivity index (χ3v) is 6.45. The molecular weight excluding hydrogens is 418 g/mol. The number of primary amides is 1. The van der Waals surface area contributed by atoms with Crippen LogP contribution in [-0.2, 0) is 22.6 Å². The minimum atomic E-state index is -0.587. The van der Waals surface area contributed by atoms with Crippen LogP contribution in [0.2, 0.25) is 0 Å². The maximum atomic E-state index is 12.9. The van der Waals surface area contributed by atoms with Crippen molar-refractivity contribution in [2.75, 3.05) is 39.4 Å². The van der Waals surface area contributed by atoms with Crippen molar-refractivity contribution in [3.8, 4) is 11.1 Å². The quantitative estimate of drug-likeness (QED) is 0.562. The third kappa shape index (κ3) is 4.27. The van der Waals surface area contributed by atoms with E-state index in [1.807, 2.05) is 23.0 Å². The average Bonchev–Trinajstić information content (AvgIpc) is 3.43. The predicted octanol–water partition coefficient (Wildman–Crippen LogP) is 2.03. The molecule has 0 radical (unpaired) electrons. The number of nitrogens with zero attached hydrogens (tertiary/aromatic N) is 4. The number of hydrogen-bond donors (Lipinski definition) is 1. The summed E-state index contributed by atoms with van der Waals surface area (Å²) < 4.78 is 7.39. The number of morpholine rings is 1. The zero-order valence-corrected chi connectivity index (χ0v) is 18.5. The molecule has 0 atom stereocenters. The molecule has 0 unspecified atom stereocenters. The van der Waals surface area contributed by atoms with Gasteiger partial charge in [-0.3, -0.25) is 19.2 Å². The van der Waals surface area contributed by atoms with Gasteiger partial charge in [0.2, 0.25) is 5.91 Å². The van der Waals surface area contributed by atoms with Crippen LogP contribution in [0.3, 0.4) is 0 Å². The molecule has 2 amide bonds. The molecule has 0 spiro atoms. The van der Waals surface area contributed by atoms with Crippen molar-refractivity contribution in [2.24, 2.45) is 5.73 Å². The molecule has 33 heavy (non-hydrogen) atoms. The number of fused-ring (bicyclic) bond motifs is 3. The van der Waals surface area contributed by atoms with Gasteiger partial charge in [0, 0.05) is 49.1 Å². The van der Waals surface area contributed by atoms with Crippen LogP contribution in [-0.4, -0.2) is 70.8 Å². The van der Waals surface area contributed by atoms with E-state index in [1.54, 1.807) is 4.90 Å². The third-order valence-electron chi connectivity index (χ3n) is 6.45. The average molecular weight is 446 g/mol. The molecule has 2 aromatic carbocycles. The summed E-state index contributed by atoms with van der Waals surface area (Å²) >= 11 is 0. The van der Waals surface area contributed by atoms with Crippen molar-refractivity contribution >= 4 is 22.6 Å². The summed E-state index contributed by atoms with van der Waals surface area (Å²) in [4.78, 5) is 28.3. The number of carbonyl (C=O) groups excluding carboxylic acids is 2. The second kappa shape index (κ2) is 8.80. The van der Waals surface area contributed by atoms with Crippen molar-refractivity contribution in [3.05, 3.63) is 66.0 Å². The number of amides is 2. The first-order chi connectivity index (χ1) is 16.0. The van der Waals surface area contributed by atoms with Crippen LogP contribution in [0.5, 0.6) is 0 Å². The molecule has 170 valence electrons. The number of carbonyl (C=O) groups is 2. The maximum absolute atomic E-state index is 12.9. The van der Waals surface area contributed by atoms with Crippen molar-refractivity contribution < 1.29 is 14.3 Å². The second-order valence-electron chi connectivity index (χ2n) is 8.60. The van der Waals surface area contributed by atoms with Gasteiger partial charge in [-0.05, 0) is 34.0 Å². The van der Waals surface area contributed by atoms with Gasteiger partial charge in [0.1, 0.15) is 0 Å². The SMILES string of the molecule is C=C(CN1Cc2c(ccc3ccc(-c4cnn(CCN5CCOCC5)c4)cc23)C1=O)C(N)=O. The number of benzene rings is 2. The highest BCUT2D eigenvalue weighted by Crippen LogP contribution is 2.33. The number of aromatic nitrogens is 2. The number of rotatable bonds is 7. The Morgan fingerprint density at radius 2 is 1.91 bits per heavy atom. The Kier molecular flexibility index (Phi) is 5.70. The molecular formula is C25H27N5O3. The van der Waals surface area contributed by atoms with Gasteiger partial charge in [-0.15, -0.1) is 0 Å². The Balaban J connectivity index is 1.37. The van der Waals surface area contributed by atoms with E-state index in [1.165, 1.54) is 0 Å². The van der Waals surface area contributed by atoms with Crippen molar-refractivity contribution in [2.45, 2.75) is 13.1 Å². The molecule has 5 rings (SSSR count). The molecule has 2 N–H and O–H groups in total. The van der Waals surface area contributed by atoms with Crippen LogP contribution in [0, 0.1) is 0 Å². The first-order valence-electron chi connectivity index (χ1n) is 11.1. The van der Waals surface area contributed by atoms with Crippen molar-refractivity contribution in [3.63, 3.8) is 0 Å². The first kappa shape index (κ1) is 21.4. The van der Waals surface area contributed by atoms with E-state index in [0.29, 0.717) is 12.1 Å². The maximum Gasteiger partial charge on any atom is 0.254 e. The summed E-state index contributed by atoms with van der Waals surface area (Å²) in [6.45, 7) is 9.56. The molecule has 0 bridgehead atoms. The highest BCUT2D eigenvalue weighted by Gasteiger charge is 2.29. The Bertz CT molecular complexity index is 1240. The Morgan fingerprint density at radius 3 is 2.70 bits per heavy atom. The lowest BCUT2D eigenvalue weighted by Crippen LogP contribution is -2.38. The summed E-state index contributed by atoms with van der Waals surface area (Å²) in [6.07, 6.45) is 3.96. The number of ether oxygens (including phenoxy) is 1. The Hall–Kier alpha value is -3.49. The van der Waals surface area contributed by atoms with Gasteiger partial charge in [0.25, 0.3) is 5.91 Å². The van der Waals surface area contributed by atoms with Crippen LogP contribution in [0.15, 0.2) is 54.9 Å². The lowest BCUT2D eigenvalue weighted by Gasteiger charge is -2.26. The van der Waals surface area contributed by atoms with Crippen molar-refractivity contribution in [1.29, 1.82) is 0 Å². The van der Waals surface area contributed by atoms with Gasteiger partial charge < -0.3 is 15.4 Å². The minimum Gasteiger partial charge on any atom is -0.379 e. The normalized spacial score (nSPS) is 16.4. The van der Waals surface area contributed by atoms with Crippen LogP contribution in [0.4, 0.5) is 0 Å². The predicted molar refractivity (Wildman–Crippen MR) is 126 cm³/mol. The monoisotopic (exact) mass is 445 g/mol. The summed E-state index contributed by atoms with van der Waals surface area (Å²) in [6, 6.07) is 10.1. The van der Waals surface area contributed by atoms with E-state index in [4.69, 9.17) is 10.5 Å². The van der Waals surface area contributed by atoms with Gasteiger partial charge >= 0.3 is 0 Å². The summed E-state index contributed by atoms with van der Waals surface area (Å²) in [5.74, 6) is -0.688. The van der Waals surface area contributed by atoms with Crippen molar-refractivity contribution in [1.82, 2.24) is 19.6 Å². The van der Waals surface area contributed by atoms with Gasteiger partial charge in [-0.1, -0.05) is 24.8 Å². The fourth-order valence-electron chi connectivity index (χ4n) is 4.50. The van der Waals surface area contributed by atoms with Crippen LogP contribution >= 0.6 is 0 Å². The smallest absolute Gasteiger partial charge is 0.254 e. The molecule has 1 saturated heterocycles. The van der Waals surface area contributed by atoms with E-state index in [9.17, 15) is 9.59 Å². The largest absolute Gasteiger partial charge is 0.379 e. The fourth-order valence-corrected chi connectivity index (χ4v) is 4.50. The minimum absolute atomic E-state index is 0.101. The van der Waals surface area contributed by atoms with Crippen LogP contribution in [0.1, 0.15) is 15.9 Å². The molecule has 1 fully saturated rings. The number of hydrogen-bond acceptors (Lipinski definition) is 5. The van der Waals surface area contributed by atoms with E-state index < -0.39 is 5.91 Å².